The van der Waals surface area contributed by atoms with E-state index in [1.54, 1.807) is 6.07 Å². The second kappa shape index (κ2) is 4.02. The third kappa shape index (κ3) is 2.10. The molecule has 2 heterocycles. The zero-order chi connectivity index (χ0) is 11.0. The first-order valence-electron chi connectivity index (χ1n) is 4.21. The lowest BCUT2D eigenvalue weighted by atomic mass is 10.2. The smallest absolute Gasteiger partial charge is 0.167 e. The van der Waals surface area contributed by atoms with Gasteiger partial charge >= 0.3 is 0 Å². The van der Waals surface area contributed by atoms with E-state index in [4.69, 9.17) is 4.52 Å². The summed E-state index contributed by atoms with van der Waals surface area (Å²) in [6.07, 6.45) is 0. The third-order valence-corrected chi connectivity index (χ3v) is 2.73. The average molecular weight is 333 g/mol. The van der Waals surface area contributed by atoms with Gasteiger partial charge in [-0.15, -0.1) is 0 Å². The number of hydrogen-bond acceptors (Lipinski definition) is 4. The molecule has 78 valence electrons. The zero-order valence-electron chi connectivity index (χ0n) is 8.08. The molecular weight excluding hydrogens is 326 g/mol. The molecule has 2 aromatic rings. The van der Waals surface area contributed by atoms with E-state index in [1.807, 2.05) is 13.8 Å². The van der Waals surface area contributed by atoms with Crippen LogP contribution in [-0.4, -0.2) is 15.1 Å². The minimum Gasteiger partial charge on any atom is -0.361 e. The highest BCUT2D eigenvalue weighted by Crippen LogP contribution is 2.26. The summed E-state index contributed by atoms with van der Waals surface area (Å²) in [5.74, 6) is 1.32. The Morgan fingerprint density at radius 2 is 1.73 bits per heavy atom. The highest BCUT2D eigenvalue weighted by Gasteiger charge is 2.15. The van der Waals surface area contributed by atoms with Crippen molar-refractivity contribution in [2.24, 2.45) is 0 Å². The van der Waals surface area contributed by atoms with E-state index in [9.17, 15) is 0 Å². The van der Waals surface area contributed by atoms with Crippen molar-refractivity contribution in [1.29, 1.82) is 0 Å². The van der Waals surface area contributed by atoms with Crippen LogP contribution in [-0.2, 0) is 0 Å². The van der Waals surface area contributed by atoms with Gasteiger partial charge in [0.25, 0.3) is 0 Å². The molecule has 0 aliphatic rings. The Morgan fingerprint density at radius 3 is 2.20 bits per heavy atom. The fraction of sp³-hybridized carbons (Fsp3) is 0.222. The van der Waals surface area contributed by atoms with Crippen LogP contribution in [0.15, 0.2) is 19.8 Å². The van der Waals surface area contributed by atoms with Crippen LogP contribution in [0.3, 0.4) is 0 Å². The molecule has 0 spiro atoms. The molecule has 4 nitrogen and oxygen atoms in total. The van der Waals surface area contributed by atoms with Crippen LogP contribution in [0, 0.1) is 13.8 Å². The number of hydrogen-bond donors (Lipinski definition) is 0. The van der Waals surface area contributed by atoms with Crippen molar-refractivity contribution in [1.82, 2.24) is 15.1 Å². The number of aromatic nitrogens is 3. The predicted octanol–water partition coefficient (Wildman–Crippen LogP) is 3.27. The van der Waals surface area contributed by atoms with Gasteiger partial charge in [0.05, 0.1) is 11.3 Å². The highest BCUT2D eigenvalue weighted by molar-refractivity contribution is 9.11. The van der Waals surface area contributed by atoms with E-state index in [1.165, 1.54) is 0 Å². The maximum Gasteiger partial charge on any atom is 0.167 e. The Kier molecular flexibility index (Phi) is 2.88. The predicted molar refractivity (Wildman–Crippen MR) is 62.4 cm³/mol. The molecule has 0 fully saturated rings. The van der Waals surface area contributed by atoms with Crippen LogP contribution in [0.2, 0.25) is 0 Å². The van der Waals surface area contributed by atoms with Crippen LogP contribution in [0.5, 0.6) is 0 Å². The molecule has 0 atom stereocenters. The summed E-state index contributed by atoms with van der Waals surface area (Å²) >= 11 is 6.63. The standard InChI is InChI=1S/C9H7Br2N3O/c1-4-8(5(2)15-14-4)9-12-6(10)3-7(11)13-9/h3H,1-2H3. The van der Waals surface area contributed by atoms with E-state index in [0.717, 1.165) is 26.2 Å². The molecule has 2 rings (SSSR count). The van der Waals surface area contributed by atoms with Crippen LogP contribution >= 0.6 is 31.9 Å². The van der Waals surface area contributed by atoms with Gasteiger partial charge in [-0.3, -0.25) is 0 Å². The molecule has 0 aliphatic carbocycles. The molecule has 0 unspecified atom stereocenters. The topological polar surface area (TPSA) is 51.8 Å². The maximum absolute atomic E-state index is 5.07. The molecule has 15 heavy (non-hydrogen) atoms. The summed E-state index contributed by atoms with van der Waals surface area (Å²) in [5.41, 5.74) is 1.63. The molecule has 0 amide bonds. The first-order valence-corrected chi connectivity index (χ1v) is 5.80. The normalized spacial score (nSPS) is 10.7. The van der Waals surface area contributed by atoms with E-state index >= 15 is 0 Å². The van der Waals surface area contributed by atoms with Crippen molar-refractivity contribution in [2.75, 3.05) is 0 Å². The minimum absolute atomic E-state index is 0.604. The summed E-state index contributed by atoms with van der Waals surface area (Å²) in [5, 5.41) is 3.87. The minimum atomic E-state index is 0.604. The molecule has 0 saturated heterocycles. The Bertz CT molecular complexity index is 470. The van der Waals surface area contributed by atoms with Gasteiger partial charge in [0, 0.05) is 6.07 Å². The summed E-state index contributed by atoms with van der Waals surface area (Å²) in [6.45, 7) is 3.71. The quantitative estimate of drug-likeness (QED) is 0.752. The van der Waals surface area contributed by atoms with Crippen LogP contribution in [0.25, 0.3) is 11.4 Å². The number of nitrogens with zero attached hydrogens (tertiary/aromatic N) is 3. The van der Waals surface area contributed by atoms with Gasteiger partial charge < -0.3 is 4.52 Å². The van der Waals surface area contributed by atoms with Crippen molar-refractivity contribution < 1.29 is 4.52 Å². The molecule has 0 N–H and O–H groups in total. The summed E-state index contributed by atoms with van der Waals surface area (Å²) in [4.78, 5) is 8.55. The molecule has 2 aromatic heterocycles. The van der Waals surface area contributed by atoms with Crippen LogP contribution in [0.1, 0.15) is 11.5 Å². The molecule has 0 aromatic carbocycles. The van der Waals surface area contributed by atoms with E-state index < -0.39 is 0 Å². The monoisotopic (exact) mass is 331 g/mol. The maximum atomic E-state index is 5.07. The Morgan fingerprint density at radius 1 is 1.13 bits per heavy atom. The van der Waals surface area contributed by atoms with Gasteiger partial charge in [-0.2, -0.15) is 0 Å². The fourth-order valence-corrected chi connectivity index (χ4v) is 2.38. The molecular formula is C9H7Br2N3O. The lowest BCUT2D eigenvalue weighted by Gasteiger charge is -2.00. The average Bonchev–Trinajstić information content (AvgIpc) is 2.44. The summed E-state index contributed by atoms with van der Waals surface area (Å²) in [6, 6.07) is 1.78. The van der Waals surface area contributed by atoms with Crippen molar-refractivity contribution in [2.45, 2.75) is 13.8 Å². The lowest BCUT2D eigenvalue weighted by Crippen LogP contribution is -1.92. The second-order valence-corrected chi connectivity index (χ2v) is 4.66. The van der Waals surface area contributed by atoms with Crippen LogP contribution in [0.4, 0.5) is 0 Å². The first-order chi connectivity index (χ1) is 7.08. The number of rotatable bonds is 1. The number of halogens is 2. The molecule has 6 heteroatoms. The van der Waals surface area contributed by atoms with Gasteiger partial charge in [-0.05, 0) is 45.7 Å². The van der Waals surface area contributed by atoms with Crippen molar-refractivity contribution in [3.63, 3.8) is 0 Å². The van der Waals surface area contributed by atoms with E-state index in [-0.39, 0.29) is 0 Å². The van der Waals surface area contributed by atoms with Crippen LogP contribution < -0.4 is 0 Å². The lowest BCUT2D eigenvalue weighted by molar-refractivity contribution is 0.393. The van der Waals surface area contributed by atoms with Gasteiger partial charge in [0.1, 0.15) is 15.0 Å². The first kappa shape index (κ1) is 10.8. The summed E-state index contributed by atoms with van der Waals surface area (Å²) < 4.78 is 6.51. The largest absolute Gasteiger partial charge is 0.361 e. The van der Waals surface area contributed by atoms with E-state index in [0.29, 0.717) is 5.82 Å². The van der Waals surface area contributed by atoms with Crippen molar-refractivity contribution in [3.05, 3.63) is 26.7 Å². The number of aryl methyl sites for hydroxylation is 2. The second-order valence-electron chi connectivity index (χ2n) is 3.04. The summed E-state index contributed by atoms with van der Waals surface area (Å²) in [7, 11) is 0. The molecule has 0 aliphatic heterocycles. The Hall–Kier alpha value is -0.750. The molecule has 0 saturated carbocycles. The van der Waals surface area contributed by atoms with E-state index in [2.05, 4.69) is 47.0 Å². The van der Waals surface area contributed by atoms with Gasteiger partial charge in [0.15, 0.2) is 5.82 Å². The molecule has 0 bridgehead atoms. The van der Waals surface area contributed by atoms with Crippen molar-refractivity contribution >= 4 is 31.9 Å². The SMILES string of the molecule is Cc1noc(C)c1-c1nc(Br)cc(Br)n1. The Balaban J connectivity index is 2.63. The van der Waals surface area contributed by atoms with Crippen molar-refractivity contribution in [3.8, 4) is 11.4 Å². The third-order valence-electron chi connectivity index (χ3n) is 1.92. The fourth-order valence-electron chi connectivity index (χ4n) is 1.30. The molecule has 0 radical (unpaired) electrons. The van der Waals surface area contributed by atoms with Gasteiger partial charge in [0.2, 0.25) is 0 Å². The zero-order valence-corrected chi connectivity index (χ0v) is 11.3. The highest BCUT2D eigenvalue weighted by atomic mass is 79.9. The Labute approximate surface area is 103 Å². The van der Waals surface area contributed by atoms with Gasteiger partial charge in [-0.1, -0.05) is 5.16 Å². The van der Waals surface area contributed by atoms with Gasteiger partial charge in [-0.25, -0.2) is 9.97 Å².